The molecule has 2 aromatic rings. The maximum Gasteiger partial charge on any atom is 0.294 e. The number of likely N-dealkylation sites (N-methyl/N-ethyl adjacent to an activating group) is 1. The highest BCUT2D eigenvalue weighted by Gasteiger charge is 2.32. The van der Waals surface area contributed by atoms with E-state index in [1.54, 1.807) is 13.8 Å². The van der Waals surface area contributed by atoms with Crippen LogP contribution in [0.25, 0.3) is 0 Å². The Kier molecular flexibility index (Phi) is 7.52. The average Bonchev–Trinajstić information content (AvgIpc) is 2.95. The topological polar surface area (TPSA) is 130 Å². The highest BCUT2D eigenvalue weighted by Crippen LogP contribution is 2.24. The summed E-state index contributed by atoms with van der Waals surface area (Å²) in [5.74, 6) is -3.63. The molecule has 10 heteroatoms. The van der Waals surface area contributed by atoms with Crippen LogP contribution in [0.1, 0.15) is 44.6 Å². The number of carbonyl (C=O) groups excluding carboxylic acids is 4. The van der Waals surface area contributed by atoms with Gasteiger partial charge in [0.05, 0.1) is 17.4 Å². The van der Waals surface area contributed by atoms with Crippen molar-refractivity contribution in [1.82, 2.24) is 15.2 Å². The monoisotopic (exact) mass is 446 g/mol. The molecule has 0 saturated heterocycles. The summed E-state index contributed by atoms with van der Waals surface area (Å²) >= 11 is 0. The largest absolute Gasteiger partial charge is 0.391 e. The van der Waals surface area contributed by atoms with Gasteiger partial charge in [-0.25, -0.2) is 4.39 Å². The van der Waals surface area contributed by atoms with E-state index in [2.05, 4.69) is 16.0 Å². The number of rotatable bonds is 7. The van der Waals surface area contributed by atoms with Gasteiger partial charge in [0.25, 0.3) is 17.6 Å². The summed E-state index contributed by atoms with van der Waals surface area (Å²) in [6.45, 7) is 6.03. The second kappa shape index (κ2) is 9.73. The van der Waals surface area contributed by atoms with E-state index in [1.807, 2.05) is 0 Å². The van der Waals surface area contributed by atoms with Crippen molar-refractivity contribution in [2.75, 3.05) is 12.4 Å². The second-order valence-corrected chi connectivity index (χ2v) is 7.55. The predicted octanol–water partition coefficient (Wildman–Crippen LogP) is 1.14. The van der Waals surface area contributed by atoms with Crippen molar-refractivity contribution in [1.29, 1.82) is 0 Å². The van der Waals surface area contributed by atoms with Crippen LogP contribution >= 0.6 is 0 Å². The Hall–Kier alpha value is -3.53. The summed E-state index contributed by atoms with van der Waals surface area (Å²) in [6, 6.07) is 2.82. The first kappa shape index (κ1) is 24.7. The molecule has 0 aliphatic carbocycles. The average molecular weight is 446 g/mol. The first-order valence-corrected chi connectivity index (χ1v) is 9.88. The SMILES string of the molecule is CNC(=O)[C@H](NC(=O)C(=O)c1c(C)c(C(=O)Nc2ccc(F)c(C)c2)c(C)n1C)[C@@H](C)O. The van der Waals surface area contributed by atoms with E-state index in [1.165, 1.54) is 50.7 Å². The van der Waals surface area contributed by atoms with E-state index in [-0.39, 0.29) is 16.8 Å². The molecule has 0 unspecified atom stereocenters. The van der Waals surface area contributed by atoms with Gasteiger partial charge in [-0.05, 0) is 57.0 Å². The molecule has 0 bridgehead atoms. The second-order valence-electron chi connectivity index (χ2n) is 7.55. The van der Waals surface area contributed by atoms with Crippen molar-refractivity contribution < 1.29 is 28.7 Å². The highest BCUT2D eigenvalue weighted by molar-refractivity contribution is 6.43. The van der Waals surface area contributed by atoms with Gasteiger partial charge in [-0.1, -0.05) is 0 Å². The molecule has 1 aromatic carbocycles. The van der Waals surface area contributed by atoms with E-state index in [9.17, 15) is 28.7 Å². The lowest BCUT2D eigenvalue weighted by atomic mass is 10.1. The van der Waals surface area contributed by atoms with Crippen LogP contribution < -0.4 is 16.0 Å². The molecule has 1 heterocycles. The van der Waals surface area contributed by atoms with Crippen molar-refractivity contribution in [3.63, 3.8) is 0 Å². The number of hydrogen-bond donors (Lipinski definition) is 4. The number of aryl methyl sites for hydroxylation is 1. The number of ketones is 1. The third kappa shape index (κ3) is 4.86. The third-order valence-electron chi connectivity index (χ3n) is 5.29. The quantitative estimate of drug-likeness (QED) is 0.374. The number of anilines is 1. The van der Waals surface area contributed by atoms with Gasteiger partial charge in [0.15, 0.2) is 0 Å². The molecular weight excluding hydrogens is 419 g/mol. The number of benzene rings is 1. The lowest BCUT2D eigenvalue weighted by molar-refractivity contribution is -0.129. The van der Waals surface area contributed by atoms with E-state index in [4.69, 9.17) is 0 Å². The molecule has 9 nitrogen and oxygen atoms in total. The van der Waals surface area contributed by atoms with Crippen molar-refractivity contribution >= 4 is 29.2 Å². The lowest BCUT2D eigenvalue weighted by Gasteiger charge is -2.19. The molecule has 3 amide bonds. The van der Waals surface area contributed by atoms with Gasteiger partial charge in [0, 0.05) is 25.5 Å². The van der Waals surface area contributed by atoms with E-state index in [0.29, 0.717) is 16.9 Å². The number of aliphatic hydroxyl groups excluding tert-OH is 1. The van der Waals surface area contributed by atoms with Crippen LogP contribution in [0.15, 0.2) is 18.2 Å². The van der Waals surface area contributed by atoms with Crippen molar-refractivity contribution in [3.8, 4) is 0 Å². The zero-order valence-corrected chi connectivity index (χ0v) is 18.8. The molecule has 0 aliphatic heterocycles. The third-order valence-corrected chi connectivity index (χ3v) is 5.29. The summed E-state index contributed by atoms with van der Waals surface area (Å²) < 4.78 is 14.9. The first-order chi connectivity index (χ1) is 14.9. The van der Waals surface area contributed by atoms with Crippen LogP contribution in [0.3, 0.4) is 0 Å². The Morgan fingerprint density at radius 1 is 1.12 bits per heavy atom. The molecule has 0 radical (unpaired) electrons. The maximum absolute atomic E-state index is 13.5. The molecule has 0 fully saturated rings. The molecule has 0 spiro atoms. The molecule has 172 valence electrons. The number of hydrogen-bond acceptors (Lipinski definition) is 5. The Labute approximate surface area is 185 Å². The predicted molar refractivity (Wildman–Crippen MR) is 116 cm³/mol. The normalized spacial score (nSPS) is 12.6. The van der Waals surface area contributed by atoms with Gasteiger partial charge in [-0.2, -0.15) is 0 Å². The van der Waals surface area contributed by atoms with E-state index < -0.39 is 41.5 Å². The summed E-state index contributed by atoms with van der Waals surface area (Å²) in [4.78, 5) is 50.2. The number of aliphatic hydroxyl groups is 1. The number of halogens is 1. The number of amides is 3. The highest BCUT2D eigenvalue weighted by atomic mass is 19.1. The Balaban J connectivity index is 2.34. The fraction of sp³-hybridized carbons (Fsp3) is 0.364. The smallest absolute Gasteiger partial charge is 0.294 e. The van der Waals surface area contributed by atoms with Crippen LogP contribution in [-0.2, 0) is 16.6 Å². The van der Waals surface area contributed by atoms with Gasteiger partial charge in [-0.15, -0.1) is 0 Å². The lowest BCUT2D eigenvalue weighted by Crippen LogP contribution is -2.53. The number of nitrogens with one attached hydrogen (secondary N) is 3. The zero-order valence-electron chi connectivity index (χ0n) is 18.8. The minimum absolute atomic E-state index is 0.0262. The zero-order chi connectivity index (χ0) is 24.3. The van der Waals surface area contributed by atoms with Crippen molar-refractivity contribution in [2.24, 2.45) is 7.05 Å². The van der Waals surface area contributed by atoms with E-state index >= 15 is 0 Å². The minimum atomic E-state index is -1.32. The van der Waals surface area contributed by atoms with Crippen LogP contribution in [0, 0.1) is 26.6 Å². The number of nitrogens with zero attached hydrogens (tertiary/aromatic N) is 1. The molecule has 0 saturated carbocycles. The van der Waals surface area contributed by atoms with Gasteiger partial charge < -0.3 is 25.6 Å². The van der Waals surface area contributed by atoms with E-state index in [0.717, 1.165) is 0 Å². The summed E-state index contributed by atoms with van der Waals surface area (Å²) in [5, 5.41) is 17.0. The Bertz CT molecular complexity index is 1090. The van der Waals surface area contributed by atoms with Crippen LogP contribution in [0.5, 0.6) is 0 Å². The number of carbonyl (C=O) groups is 4. The summed E-state index contributed by atoms with van der Waals surface area (Å²) in [7, 11) is 2.87. The molecule has 2 rings (SSSR count). The van der Waals surface area contributed by atoms with Crippen molar-refractivity contribution in [2.45, 2.75) is 39.8 Å². The molecular formula is C22H27FN4O5. The molecule has 4 N–H and O–H groups in total. The molecule has 2 atom stereocenters. The van der Waals surface area contributed by atoms with Gasteiger partial charge in [-0.3, -0.25) is 19.2 Å². The van der Waals surface area contributed by atoms with Gasteiger partial charge in [0.2, 0.25) is 5.91 Å². The van der Waals surface area contributed by atoms with Gasteiger partial charge in [0.1, 0.15) is 11.9 Å². The maximum atomic E-state index is 13.5. The van der Waals surface area contributed by atoms with Crippen LogP contribution in [-0.4, -0.2) is 52.4 Å². The molecule has 0 aliphatic rings. The van der Waals surface area contributed by atoms with Crippen LogP contribution in [0.4, 0.5) is 10.1 Å². The number of aromatic nitrogens is 1. The van der Waals surface area contributed by atoms with Crippen LogP contribution in [0.2, 0.25) is 0 Å². The first-order valence-electron chi connectivity index (χ1n) is 9.88. The fourth-order valence-corrected chi connectivity index (χ4v) is 3.43. The van der Waals surface area contributed by atoms with Gasteiger partial charge >= 0.3 is 0 Å². The minimum Gasteiger partial charge on any atom is -0.391 e. The standard InChI is InChI=1S/C22H27FN4O5/c1-10-9-14(7-8-15(10)23)25-20(30)16-11(2)18(27(6)12(16)3)19(29)22(32)26-17(13(4)28)21(31)24-5/h7-9,13,17,28H,1-6H3,(H,24,31)(H,25,30)(H,26,32)/t13-,17-/m1/s1. The molecule has 32 heavy (non-hydrogen) atoms. The Morgan fingerprint density at radius 2 is 1.75 bits per heavy atom. The molecule has 1 aromatic heterocycles. The Morgan fingerprint density at radius 3 is 2.28 bits per heavy atom. The fourth-order valence-electron chi connectivity index (χ4n) is 3.43. The summed E-state index contributed by atoms with van der Waals surface area (Å²) in [6.07, 6.45) is -1.23. The van der Waals surface area contributed by atoms with Crippen molar-refractivity contribution in [3.05, 3.63) is 52.1 Å². The summed E-state index contributed by atoms with van der Waals surface area (Å²) in [5.41, 5.74) is 1.63. The number of Topliss-reactive ketones (excluding diaryl/α,β-unsaturated/α-hetero) is 1.